The van der Waals surface area contributed by atoms with Gasteiger partial charge in [0.2, 0.25) is 0 Å². The number of hydrogen-bond donors (Lipinski definition) is 1. The minimum atomic E-state index is -3.52. The molecule has 2 aromatic rings. The van der Waals surface area contributed by atoms with Gasteiger partial charge in [-0.25, -0.2) is 8.42 Å². The first kappa shape index (κ1) is 16.3. The summed E-state index contributed by atoms with van der Waals surface area (Å²) >= 11 is 9.32. The second kappa shape index (κ2) is 5.98. The fourth-order valence-electron chi connectivity index (χ4n) is 1.94. The van der Waals surface area contributed by atoms with Crippen LogP contribution in [-0.2, 0) is 29.1 Å². The van der Waals surface area contributed by atoms with Crippen LogP contribution in [0.1, 0.15) is 18.3 Å². The van der Waals surface area contributed by atoms with Crippen molar-refractivity contribution in [2.24, 2.45) is 7.05 Å². The smallest absolute Gasteiger partial charge is 0.184 e. The first-order chi connectivity index (χ1) is 9.76. The van der Waals surface area contributed by atoms with Crippen LogP contribution in [0.3, 0.4) is 0 Å². The molecule has 5 nitrogen and oxygen atoms in total. The summed E-state index contributed by atoms with van der Waals surface area (Å²) in [6, 6.07) is 4.32. The lowest BCUT2D eigenvalue weighted by atomic mass is 10.3. The third-order valence-electron chi connectivity index (χ3n) is 3.16. The molecule has 0 radical (unpaired) electrons. The van der Waals surface area contributed by atoms with Gasteiger partial charge in [-0.05, 0) is 40.5 Å². The highest BCUT2D eigenvalue weighted by Crippen LogP contribution is 2.28. The van der Waals surface area contributed by atoms with Crippen molar-refractivity contribution in [3.8, 4) is 0 Å². The van der Waals surface area contributed by atoms with E-state index in [2.05, 4.69) is 21.0 Å². The number of hydrogen-bond acceptors (Lipinski definition) is 4. The van der Waals surface area contributed by atoms with Gasteiger partial charge in [0.15, 0.2) is 9.84 Å². The molecule has 0 spiro atoms. The van der Waals surface area contributed by atoms with Gasteiger partial charge in [-0.2, -0.15) is 5.10 Å². The highest BCUT2D eigenvalue weighted by molar-refractivity contribution is 9.10. The number of nitrogen functional groups attached to an aromatic ring is 1. The maximum absolute atomic E-state index is 12.5. The van der Waals surface area contributed by atoms with Crippen LogP contribution >= 0.6 is 27.5 Å². The fourth-order valence-corrected chi connectivity index (χ4v) is 4.56. The Hall–Kier alpha value is -1.05. The molecule has 0 aliphatic carbocycles. The lowest BCUT2D eigenvalue weighted by molar-refractivity contribution is 0.591. The first-order valence-electron chi connectivity index (χ1n) is 6.24. The van der Waals surface area contributed by atoms with Crippen LogP contribution in [0.4, 0.5) is 5.69 Å². The monoisotopic (exact) mass is 391 g/mol. The predicted octanol–water partition coefficient (Wildman–Crippen LogP) is 2.95. The van der Waals surface area contributed by atoms with E-state index in [1.807, 2.05) is 6.92 Å². The molecule has 1 aromatic carbocycles. The Bertz CT molecular complexity index is 787. The minimum Gasteiger partial charge on any atom is -0.398 e. The van der Waals surface area contributed by atoms with Gasteiger partial charge in [-0.15, -0.1) is 0 Å². The standard InChI is InChI=1S/C13H15BrClN3O2S/c1-3-11-13(14)12(18(2)17-11)7-21(19,20)8-4-5-10(16)9(15)6-8/h4-6H,3,7,16H2,1-2H3. The third-order valence-corrected chi connectivity index (χ3v) is 6.03. The molecule has 8 heteroatoms. The second-order valence-corrected chi connectivity index (χ2v) is 7.82. The lowest BCUT2D eigenvalue weighted by Crippen LogP contribution is -2.09. The van der Waals surface area contributed by atoms with Crippen LogP contribution < -0.4 is 5.73 Å². The van der Waals surface area contributed by atoms with Crippen LogP contribution in [0.2, 0.25) is 5.02 Å². The van der Waals surface area contributed by atoms with E-state index in [9.17, 15) is 8.42 Å². The molecule has 0 bridgehead atoms. The van der Waals surface area contributed by atoms with E-state index in [1.165, 1.54) is 18.2 Å². The largest absolute Gasteiger partial charge is 0.398 e. The summed E-state index contributed by atoms with van der Waals surface area (Å²) in [6.07, 6.45) is 0.724. The normalized spacial score (nSPS) is 11.8. The summed E-state index contributed by atoms with van der Waals surface area (Å²) < 4.78 is 27.3. The predicted molar refractivity (Wildman–Crippen MR) is 87.0 cm³/mol. The van der Waals surface area contributed by atoms with E-state index in [4.69, 9.17) is 17.3 Å². The van der Waals surface area contributed by atoms with Crippen molar-refractivity contribution in [3.63, 3.8) is 0 Å². The van der Waals surface area contributed by atoms with Crippen molar-refractivity contribution in [1.82, 2.24) is 9.78 Å². The number of benzene rings is 1. The van der Waals surface area contributed by atoms with Crippen LogP contribution in [0.25, 0.3) is 0 Å². The van der Waals surface area contributed by atoms with Crippen molar-refractivity contribution >= 4 is 43.1 Å². The Morgan fingerprint density at radius 3 is 2.62 bits per heavy atom. The number of aromatic nitrogens is 2. The number of halogens is 2. The summed E-state index contributed by atoms with van der Waals surface area (Å²) in [4.78, 5) is 0.146. The van der Waals surface area contributed by atoms with E-state index in [1.54, 1.807) is 11.7 Å². The molecular formula is C13H15BrClN3O2S. The lowest BCUT2D eigenvalue weighted by Gasteiger charge is -2.07. The second-order valence-electron chi connectivity index (χ2n) is 4.63. The molecule has 1 aromatic heterocycles. The first-order valence-corrected chi connectivity index (χ1v) is 9.06. The Morgan fingerprint density at radius 1 is 1.43 bits per heavy atom. The topological polar surface area (TPSA) is 78.0 Å². The molecule has 0 saturated carbocycles. The highest BCUT2D eigenvalue weighted by Gasteiger charge is 2.22. The summed E-state index contributed by atoms with van der Waals surface area (Å²) in [7, 11) is -1.80. The SMILES string of the molecule is CCc1nn(C)c(CS(=O)(=O)c2ccc(N)c(Cl)c2)c1Br. The molecule has 114 valence electrons. The number of nitrogens with zero attached hydrogens (tertiary/aromatic N) is 2. The minimum absolute atomic E-state index is 0.146. The Labute approximate surface area is 137 Å². The molecule has 0 atom stereocenters. The molecule has 21 heavy (non-hydrogen) atoms. The van der Waals surface area contributed by atoms with Crippen LogP contribution in [0, 0.1) is 0 Å². The molecule has 0 aliphatic rings. The number of anilines is 1. The van der Waals surface area contributed by atoms with Crippen LogP contribution in [0.5, 0.6) is 0 Å². The number of aryl methyl sites for hydroxylation is 2. The van der Waals surface area contributed by atoms with Gasteiger partial charge >= 0.3 is 0 Å². The Morgan fingerprint density at radius 2 is 2.10 bits per heavy atom. The molecule has 0 unspecified atom stereocenters. The van der Waals surface area contributed by atoms with Gasteiger partial charge < -0.3 is 5.73 Å². The molecule has 0 aliphatic heterocycles. The van der Waals surface area contributed by atoms with E-state index >= 15 is 0 Å². The molecule has 0 saturated heterocycles. The third kappa shape index (κ3) is 3.25. The average Bonchev–Trinajstić information content (AvgIpc) is 2.69. The molecule has 0 amide bonds. The molecule has 2 N–H and O–H groups in total. The molecule has 0 fully saturated rings. The summed E-state index contributed by atoms with van der Waals surface area (Å²) in [5, 5.41) is 4.53. The van der Waals surface area contributed by atoms with Crippen molar-refractivity contribution < 1.29 is 8.42 Å². The molecule has 2 rings (SSSR count). The summed E-state index contributed by atoms with van der Waals surface area (Å²) in [6.45, 7) is 1.96. The van der Waals surface area contributed by atoms with Gasteiger partial charge in [0.1, 0.15) is 0 Å². The molecule has 1 heterocycles. The van der Waals surface area contributed by atoms with Crippen molar-refractivity contribution in [2.75, 3.05) is 5.73 Å². The van der Waals surface area contributed by atoms with Gasteiger partial charge in [0.05, 0.1) is 37.2 Å². The zero-order valence-corrected chi connectivity index (χ0v) is 14.8. The maximum Gasteiger partial charge on any atom is 0.184 e. The van der Waals surface area contributed by atoms with E-state index in [0.29, 0.717) is 11.4 Å². The van der Waals surface area contributed by atoms with Gasteiger partial charge in [-0.3, -0.25) is 4.68 Å². The van der Waals surface area contributed by atoms with Gasteiger partial charge in [0.25, 0.3) is 0 Å². The van der Waals surface area contributed by atoms with Crippen molar-refractivity contribution in [1.29, 1.82) is 0 Å². The summed E-state index contributed by atoms with van der Waals surface area (Å²) in [5.41, 5.74) is 7.40. The zero-order chi connectivity index (χ0) is 15.8. The van der Waals surface area contributed by atoms with Crippen molar-refractivity contribution in [2.45, 2.75) is 24.0 Å². The fraction of sp³-hybridized carbons (Fsp3) is 0.308. The number of nitrogens with two attached hydrogens (primary N) is 1. The zero-order valence-electron chi connectivity index (χ0n) is 11.6. The van der Waals surface area contributed by atoms with Crippen LogP contribution in [0.15, 0.2) is 27.6 Å². The van der Waals surface area contributed by atoms with E-state index in [-0.39, 0.29) is 15.7 Å². The Kier molecular flexibility index (Phi) is 4.65. The average molecular weight is 393 g/mol. The quantitative estimate of drug-likeness (QED) is 0.811. The highest BCUT2D eigenvalue weighted by atomic mass is 79.9. The van der Waals surface area contributed by atoms with Crippen LogP contribution in [-0.4, -0.2) is 18.2 Å². The van der Waals surface area contributed by atoms with Crippen molar-refractivity contribution in [3.05, 3.63) is 39.1 Å². The van der Waals surface area contributed by atoms with Gasteiger partial charge in [-0.1, -0.05) is 18.5 Å². The van der Waals surface area contributed by atoms with E-state index in [0.717, 1.165) is 16.6 Å². The summed E-state index contributed by atoms with van der Waals surface area (Å²) in [5.74, 6) is -0.155. The van der Waals surface area contributed by atoms with Gasteiger partial charge in [0, 0.05) is 7.05 Å². The Balaban J connectivity index is 2.42. The number of sulfone groups is 1. The van der Waals surface area contributed by atoms with E-state index < -0.39 is 9.84 Å². The maximum atomic E-state index is 12.5. The number of rotatable bonds is 4. The molecular weight excluding hydrogens is 378 g/mol.